The quantitative estimate of drug-likeness (QED) is 0.0738. The van der Waals surface area contributed by atoms with Gasteiger partial charge in [0, 0.05) is 24.5 Å². The van der Waals surface area contributed by atoms with Crippen molar-refractivity contribution in [2.75, 3.05) is 62.5 Å². The van der Waals surface area contributed by atoms with E-state index in [-0.39, 0.29) is 97.0 Å². The van der Waals surface area contributed by atoms with E-state index in [9.17, 15) is 28.9 Å². The van der Waals surface area contributed by atoms with Gasteiger partial charge in [-0.2, -0.15) is 0 Å². The summed E-state index contributed by atoms with van der Waals surface area (Å²) in [4.78, 5) is 27.4. The second kappa shape index (κ2) is 15.1. The highest BCUT2D eigenvalue weighted by Gasteiger charge is 2.38. The Kier molecular flexibility index (Phi) is 12.2. The molecule has 0 spiro atoms. The number of phenolic OH excluding ortho intramolecular Hbond substituents is 2. The number of hydrogen-bond acceptors (Lipinski definition) is 12. The molecule has 0 unspecified atom stereocenters. The van der Waals surface area contributed by atoms with Gasteiger partial charge in [-0.15, -0.1) is 0 Å². The third-order valence-corrected chi connectivity index (χ3v) is 10.8. The van der Waals surface area contributed by atoms with Gasteiger partial charge in [-0.3, -0.25) is 18.7 Å². The Hall–Kier alpha value is -2.72. The number of aromatic hydroxyl groups is 2. The summed E-state index contributed by atoms with van der Waals surface area (Å²) in [5.41, 5.74) is 0.0826. The second-order valence-corrected chi connectivity index (χ2v) is 13.7. The largest absolute Gasteiger partial charge is 0.507 e. The van der Waals surface area contributed by atoms with E-state index in [2.05, 4.69) is 10.6 Å². The Labute approximate surface area is 246 Å². The van der Waals surface area contributed by atoms with Crippen molar-refractivity contribution < 1.29 is 47.0 Å². The normalized spacial score (nSPS) is 13.1. The lowest BCUT2D eigenvalue weighted by molar-refractivity contribution is 0.0975. The number of anilines is 2. The van der Waals surface area contributed by atoms with Gasteiger partial charge in [0.2, 0.25) is 11.6 Å². The Balaban J connectivity index is 1.82. The van der Waals surface area contributed by atoms with Crippen molar-refractivity contribution >= 4 is 38.1 Å². The minimum atomic E-state index is -3.25. The molecule has 3 rings (SSSR count). The third-order valence-electron chi connectivity index (χ3n) is 6.43. The molecule has 0 bridgehead atoms. The molecule has 0 heterocycles. The average Bonchev–Trinajstić information content (AvgIpc) is 2.93. The van der Waals surface area contributed by atoms with Crippen LogP contribution in [0, 0.1) is 0 Å². The Bertz CT molecular complexity index is 1260. The molecule has 0 fully saturated rings. The highest BCUT2D eigenvalue weighted by atomic mass is 31.2. The number of fused-ring (bicyclic) bond motifs is 2. The van der Waals surface area contributed by atoms with Crippen LogP contribution in [-0.2, 0) is 27.2 Å². The van der Waals surface area contributed by atoms with E-state index in [1.54, 1.807) is 27.7 Å². The molecule has 0 amide bonds. The molecule has 2 aromatic rings. The van der Waals surface area contributed by atoms with Gasteiger partial charge in [-0.05, 0) is 64.8 Å². The summed E-state index contributed by atoms with van der Waals surface area (Å²) < 4.78 is 46.7. The van der Waals surface area contributed by atoms with Crippen LogP contribution in [0.4, 0.5) is 11.4 Å². The topological polar surface area (TPSA) is 170 Å². The zero-order valence-corrected chi connectivity index (χ0v) is 26.2. The molecular weight excluding hydrogens is 586 g/mol. The van der Waals surface area contributed by atoms with Crippen LogP contribution in [0.2, 0.25) is 0 Å². The minimum absolute atomic E-state index is 0.0629. The van der Waals surface area contributed by atoms with Crippen LogP contribution in [0.5, 0.6) is 11.5 Å². The standard InChI is InChI=1S/C28H40N2O10P2/c1-5-37-41(35,38-6-2)17-9-15-29-19-11-13-21(31)25-23(19)27(33)26-22(32)14-12-20(24(26)28(25)34)30-16-10-18-42(36,39-7-3)40-8-4/h11-14,29-32H,5-10,15-18H2,1-4H3. The van der Waals surface area contributed by atoms with Crippen LogP contribution in [0.1, 0.15) is 72.4 Å². The second-order valence-electron chi connectivity index (χ2n) is 9.32. The fourth-order valence-corrected chi connectivity index (χ4v) is 8.10. The summed E-state index contributed by atoms with van der Waals surface area (Å²) in [5.74, 6) is -2.02. The fraction of sp³-hybridized carbons (Fsp3) is 0.500. The molecule has 0 atom stereocenters. The first-order valence-electron chi connectivity index (χ1n) is 14.1. The van der Waals surface area contributed by atoms with Gasteiger partial charge in [0.1, 0.15) is 11.5 Å². The monoisotopic (exact) mass is 626 g/mol. The van der Waals surface area contributed by atoms with Crippen molar-refractivity contribution in [2.45, 2.75) is 40.5 Å². The third kappa shape index (κ3) is 7.81. The van der Waals surface area contributed by atoms with Crippen LogP contribution in [0.25, 0.3) is 0 Å². The molecule has 2 aromatic carbocycles. The van der Waals surface area contributed by atoms with E-state index in [1.807, 2.05) is 0 Å². The Morgan fingerprint density at radius 3 is 1.24 bits per heavy atom. The van der Waals surface area contributed by atoms with Gasteiger partial charge >= 0.3 is 15.2 Å². The predicted molar refractivity (Wildman–Crippen MR) is 161 cm³/mol. The van der Waals surface area contributed by atoms with Crippen molar-refractivity contribution in [3.05, 3.63) is 46.5 Å². The molecular formula is C28H40N2O10P2. The summed E-state index contributed by atoms with van der Waals surface area (Å²) in [7, 11) is -6.50. The number of phenols is 2. The van der Waals surface area contributed by atoms with Crippen molar-refractivity contribution in [1.29, 1.82) is 0 Å². The fourth-order valence-electron chi connectivity index (χ4n) is 4.77. The SMILES string of the molecule is CCOP(=O)(CCCNc1ccc(O)c2c1C(=O)c1c(O)ccc(NCCCP(=O)(OCC)OCC)c1C2=O)OCC. The molecule has 0 saturated heterocycles. The molecule has 1 aliphatic carbocycles. The van der Waals surface area contributed by atoms with E-state index in [1.165, 1.54) is 24.3 Å². The zero-order valence-electron chi connectivity index (χ0n) is 24.4. The summed E-state index contributed by atoms with van der Waals surface area (Å²) in [6, 6.07) is 5.58. The zero-order chi connectivity index (χ0) is 30.9. The maximum atomic E-state index is 13.7. The molecule has 1 aliphatic rings. The molecule has 0 aliphatic heterocycles. The Morgan fingerprint density at radius 1 is 0.595 bits per heavy atom. The number of benzene rings is 2. The average molecular weight is 627 g/mol. The van der Waals surface area contributed by atoms with Crippen LogP contribution in [-0.4, -0.2) is 73.6 Å². The number of rotatable bonds is 18. The van der Waals surface area contributed by atoms with Gasteiger partial charge in [-0.1, -0.05) is 0 Å². The van der Waals surface area contributed by atoms with E-state index < -0.39 is 26.8 Å². The van der Waals surface area contributed by atoms with Gasteiger partial charge in [-0.25, -0.2) is 0 Å². The molecule has 14 heteroatoms. The first-order valence-corrected chi connectivity index (χ1v) is 17.6. The lowest BCUT2D eigenvalue weighted by atomic mass is 9.81. The van der Waals surface area contributed by atoms with Crippen LogP contribution in [0.15, 0.2) is 24.3 Å². The number of carbonyl (C=O) groups excluding carboxylic acids is 2. The lowest BCUT2D eigenvalue weighted by Crippen LogP contribution is -2.25. The molecule has 0 aromatic heterocycles. The molecule has 0 radical (unpaired) electrons. The van der Waals surface area contributed by atoms with Crippen LogP contribution < -0.4 is 10.6 Å². The summed E-state index contributed by atoms with van der Waals surface area (Å²) in [5, 5.41) is 27.5. The number of carbonyl (C=O) groups is 2. The van der Waals surface area contributed by atoms with Gasteiger partial charge < -0.3 is 38.9 Å². The smallest absolute Gasteiger partial charge is 0.330 e. The molecule has 12 nitrogen and oxygen atoms in total. The van der Waals surface area contributed by atoms with E-state index in [4.69, 9.17) is 18.1 Å². The summed E-state index contributed by atoms with van der Waals surface area (Å²) >= 11 is 0. The van der Waals surface area contributed by atoms with E-state index >= 15 is 0 Å². The minimum Gasteiger partial charge on any atom is -0.507 e. The van der Waals surface area contributed by atoms with Crippen LogP contribution in [0.3, 0.4) is 0 Å². The first-order chi connectivity index (χ1) is 20.0. The lowest BCUT2D eigenvalue weighted by Gasteiger charge is -2.25. The number of ketones is 2. The van der Waals surface area contributed by atoms with E-state index in [0.29, 0.717) is 12.8 Å². The predicted octanol–water partition coefficient (Wildman–Crippen LogP) is 6.01. The molecule has 4 N–H and O–H groups in total. The van der Waals surface area contributed by atoms with Crippen molar-refractivity contribution in [2.24, 2.45) is 0 Å². The van der Waals surface area contributed by atoms with Crippen molar-refractivity contribution in [3.63, 3.8) is 0 Å². The van der Waals surface area contributed by atoms with Gasteiger partial charge in [0.25, 0.3) is 0 Å². The Morgan fingerprint density at radius 2 is 0.929 bits per heavy atom. The van der Waals surface area contributed by atoms with E-state index in [0.717, 1.165) is 0 Å². The van der Waals surface area contributed by atoms with Gasteiger partial charge in [0.15, 0.2) is 0 Å². The van der Waals surface area contributed by atoms with Crippen LogP contribution >= 0.6 is 15.2 Å². The highest BCUT2D eigenvalue weighted by molar-refractivity contribution is 7.54. The molecule has 42 heavy (non-hydrogen) atoms. The number of nitrogens with one attached hydrogen (secondary N) is 2. The molecule has 232 valence electrons. The highest BCUT2D eigenvalue weighted by Crippen LogP contribution is 2.49. The summed E-state index contributed by atoms with van der Waals surface area (Å²) in [6.45, 7) is 8.44. The van der Waals surface area contributed by atoms with Crippen molar-refractivity contribution in [3.8, 4) is 11.5 Å². The summed E-state index contributed by atoms with van der Waals surface area (Å²) in [6.07, 6.45) is 1.06. The number of hydrogen-bond donors (Lipinski definition) is 4. The maximum Gasteiger partial charge on any atom is 0.330 e. The molecule has 0 saturated carbocycles. The van der Waals surface area contributed by atoms with Crippen molar-refractivity contribution in [1.82, 2.24) is 0 Å². The maximum absolute atomic E-state index is 13.7. The first kappa shape index (κ1) is 33.8. The van der Waals surface area contributed by atoms with Gasteiger partial charge in [0.05, 0.1) is 61.0 Å².